The average Bonchev–Trinajstić information content (AvgIpc) is 2.96. The number of benzene rings is 1. The molecule has 0 radical (unpaired) electrons. The summed E-state index contributed by atoms with van der Waals surface area (Å²) in [6, 6.07) is 9.26. The first kappa shape index (κ1) is 13.6. The first-order valence-corrected chi connectivity index (χ1v) is 6.71. The van der Waals surface area contributed by atoms with Crippen LogP contribution in [0.25, 0.3) is 6.08 Å². The molecule has 2 heterocycles. The van der Waals surface area contributed by atoms with Gasteiger partial charge >= 0.3 is 5.97 Å². The third-order valence-electron chi connectivity index (χ3n) is 3.12. The summed E-state index contributed by atoms with van der Waals surface area (Å²) in [5.41, 5.74) is 2.37. The molecule has 0 unspecified atom stereocenters. The fraction of sp³-hybridized carbons (Fsp3) is 0.133. The molecule has 0 spiro atoms. The molecule has 5 nitrogen and oxygen atoms in total. The number of ether oxygens (including phenoxy) is 1. The number of cyclic esters (lactones) is 1. The standard InChI is InChI=1S/C15H12ClN3O2/c1-9-11(13(16)19(2)18-9)8-12-15(20)21-14(17-12)10-6-4-3-5-7-10/h3-8H,1-2H3. The Morgan fingerprint density at radius 3 is 2.62 bits per heavy atom. The number of aryl methyl sites for hydroxylation is 2. The van der Waals surface area contributed by atoms with Gasteiger partial charge in [-0.05, 0) is 25.1 Å². The highest BCUT2D eigenvalue weighted by molar-refractivity contribution is 6.31. The van der Waals surface area contributed by atoms with Crippen LogP contribution in [0.5, 0.6) is 0 Å². The summed E-state index contributed by atoms with van der Waals surface area (Å²) in [5, 5.41) is 4.65. The zero-order chi connectivity index (χ0) is 15.0. The number of aromatic nitrogens is 2. The van der Waals surface area contributed by atoms with Crippen LogP contribution in [0, 0.1) is 6.92 Å². The zero-order valence-electron chi connectivity index (χ0n) is 11.5. The maximum atomic E-state index is 11.9. The molecular formula is C15H12ClN3O2. The van der Waals surface area contributed by atoms with Crippen molar-refractivity contribution in [3.63, 3.8) is 0 Å². The fourth-order valence-corrected chi connectivity index (χ4v) is 2.29. The molecule has 2 aromatic rings. The van der Waals surface area contributed by atoms with Crippen molar-refractivity contribution in [1.82, 2.24) is 9.78 Å². The molecule has 1 aromatic carbocycles. The van der Waals surface area contributed by atoms with Crippen molar-refractivity contribution in [2.75, 3.05) is 0 Å². The van der Waals surface area contributed by atoms with Crippen molar-refractivity contribution in [2.45, 2.75) is 6.92 Å². The molecule has 1 aromatic heterocycles. The van der Waals surface area contributed by atoms with Crippen molar-refractivity contribution in [1.29, 1.82) is 0 Å². The van der Waals surface area contributed by atoms with Crippen LogP contribution in [0.15, 0.2) is 41.0 Å². The second-order valence-electron chi connectivity index (χ2n) is 4.62. The molecule has 3 rings (SSSR count). The second-order valence-corrected chi connectivity index (χ2v) is 4.97. The van der Waals surface area contributed by atoms with Crippen molar-refractivity contribution in [3.8, 4) is 0 Å². The van der Waals surface area contributed by atoms with E-state index >= 15 is 0 Å². The second kappa shape index (κ2) is 5.18. The number of rotatable bonds is 2. The highest BCUT2D eigenvalue weighted by Gasteiger charge is 2.25. The van der Waals surface area contributed by atoms with Gasteiger partial charge in [-0.2, -0.15) is 5.10 Å². The quantitative estimate of drug-likeness (QED) is 0.633. The van der Waals surface area contributed by atoms with Gasteiger partial charge in [0.15, 0.2) is 5.70 Å². The summed E-state index contributed by atoms with van der Waals surface area (Å²) in [5.74, 6) is -0.197. The van der Waals surface area contributed by atoms with Gasteiger partial charge in [0, 0.05) is 18.2 Å². The maximum absolute atomic E-state index is 11.9. The van der Waals surface area contributed by atoms with E-state index in [9.17, 15) is 4.79 Å². The molecule has 0 bridgehead atoms. The molecule has 0 fully saturated rings. The topological polar surface area (TPSA) is 56.5 Å². The number of carbonyl (C=O) groups excluding carboxylic acids is 1. The fourth-order valence-electron chi connectivity index (χ4n) is 2.06. The molecule has 106 valence electrons. The smallest absolute Gasteiger partial charge is 0.363 e. The monoisotopic (exact) mass is 301 g/mol. The highest BCUT2D eigenvalue weighted by atomic mass is 35.5. The Morgan fingerprint density at radius 1 is 1.29 bits per heavy atom. The zero-order valence-corrected chi connectivity index (χ0v) is 12.3. The van der Waals surface area contributed by atoms with E-state index in [0.717, 1.165) is 11.3 Å². The normalized spacial score (nSPS) is 16.2. The van der Waals surface area contributed by atoms with Crippen LogP contribution < -0.4 is 0 Å². The minimum absolute atomic E-state index is 0.215. The molecule has 0 aliphatic carbocycles. The Morgan fingerprint density at radius 2 is 2.00 bits per heavy atom. The van der Waals surface area contributed by atoms with Crippen LogP contribution in [-0.2, 0) is 16.6 Å². The lowest BCUT2D eigenvalue weighted by atomic mass is 10.2. The molecule has 1 aliphatic heterocycles. The van der Waals surface area contributed by atoms with E-state index in [2.05, 4.69) is 10.1 Å². The van der Waals surface area contributed by atoms with Gasteiger partial charge in [0.2, 0.25) is 5.90 Å². The van der Waals surface area contributed by atoms with Gasteiger partial charge in [-0.15, -0.1) is 0 Å². The van der Waals surface area contributed by atoms with Gasteiger partial charge in [0.25, 0.3) is 0 Å². The Balaban J connectivity index is 2.01. The number of carbonyl (C=O) groups is 1. The Hall–Kier alpha value is -2.40. The first-order chi connectivity index (χ1) is 10.1. The van der Waals surface area contributed by atoms with Gasteiger partial charge in [-0.3, -0.25) is 4.68 Å². The maximum Gasteiger partial charge on any atom is 0.363 e. The lowest BCUT2D eigenvalue weighted by molar-refractivity contribution is -0.129. The number of esters is 1. The van der Waals surface area contributed by atoms with Crippen molar-refractivity contribution < 1.29 is 9.53 Å². The average molecular weight is 302 g/mol. The summed E-state index contributed by atoms with van der Waals surface area (Å²) >= 11 is 6.15. The van der Waals surface area contributed by atoms with E-state index in [4.69, 9.17) is 16.3 Å². The summed E-state index contributed by atoms with van der Waals surface area (Å²) in [6.45, 7) is 1.82. The lowest BCUT2D eigenvalue weighted by Crippen LogP contribution is -2.04. The summed E-state index contributed by atoms with van der Waals surface area (Å²) in [4.78, 5) is 16.2. The van der Waals surface area contributed by atoms with Crippen LogP contribution in [0.2, 0.25) is 5.15 Å². The van der Waals surface area contributed by atoms with Crippen LogP contribution in [0.4, 0.5) is 0 Å². The van der Waals surface area contributed by atoms with Gasteiger partial charge < -0.3 is 4.74 Å². The number of hydrogen-bond donors (Lipinski definition) is 0. The molecule has 0 saturated carbocycles. The molecule has 0 N–H and O–H groups in total. The largest absolute Gasteiger partial charge is 0.402 e. The molecule has 0 saturated heterocycles. The van der Waals surface area contributed by atoms with Gasteiger partial charge in [0.1, 0.15) is 5.15 Å². The highest BCUT2D eigenvalue weighted by Crippen LogP contribution is 2.25. The van der Waals surface area contributed by atoms with Crippen molar-refractivity contribution in [3.05, 3.63) is 58.0 Å². The summed E-state index contributed by atoms with van der Waals surface area (Å²) in [7, 11) is 1.74. The molecule has 6 heteroatoms. The molecule has 1 aliphatic rings. The third-order valence-corrected chi connectivity index (χ3v) is 3.57. The Labute approximate surface area is 126 Å². The summed E-state index contributed by atoms with van der Waals surface area (Å²) < 4.78 is 6.74. The van der Waals surface area contributed by atoms with E-state index in [1.165, 1.54) is 0 Å². The lowest BCUT2D eigenvalue weighted by Gasteiger charge is -1.97. The molecule has 0 amide bonds. The predicted molar refractivity (Wildman–Crippen MR) is 80.0 cm³/mol. The van der Waals surface area contributed by atoms with Gasteiger partial charge in [0.05, 0.1) is 5.69 Å². The summed E-state index contributed by atoms with van der Waals surface area (Å²) in [6.07, 6.45) is 1.60. The Bertz CT molecular complexity index is 776. The van der Waals surface area contributed by atoms with Gasteiger partial charge in [-0.1, -0.05) is 29.8 Å². The van der Waals surface area contributed by atoms with Crippen LogP contribution >= 0.6 is 11.6 Å². The SMILES string of the molecule is Cc1nn(C)c(Cl)c1C=C1N=C(c2ccccc2)OC1=O. The molecule has 0 atom stereocenters. The third kappa shape index (κ3) is 2.48. The molecule has 21 heavy (non-hydrogen) atoms. The predicted octanol–water partition coefficient (Wildman–Crippen LogP) is 2.73. The molecular weight excluding hydrogens is 290 g/mol. The van der Waals surface area contributed by atoms with E-state index < -0.39 is 5.97 Å². The van der Waals surface area contributed by atoms with Crippen molar-refractivity contribution >= 4 is 29.5 Å². The van der Waals surface area contributed by atoms with Crippen LogP contribution in [-0.4, -0.2) is 21.6 Å². The van der Waals surface area contributed by atoms with E-state index in [1.807, 2.05) is 37.3 Å². The van der Waals surface area contributed by atoms with E-state index in [0.29, 0.717) is 16.6 Å². The van der Waals surface area contributed by atoms with E-state index in [-0.39, 0.29) is 5.70 Å². The van der Waals surface area contributed by atoms with Crippen LogP contribution in [0.3, 0.4) is 0 Å². The number of hydrogen-bond acceptors (Lipinski definition) is 4. The number of halogens is 1. The van der Waals surface area contributed by atoms with Crippen LogP contribution in [0.1, 0.15) is 16.8 Å². The van der Waals surface area contributed by atoms with Gasteiger partial charge in [-0.25, -0.2) is 9.79 Å². The number of nitrogens with zero attached hydrogens (tertiary/aromatic N) is 3. The minimum atomic E-state index is -0.492. The van der Waals surface area contributed by atoms with Crippen molar-refractivity contribution in [2.24, 2.45) is 12.0 Å². The minimum Gasteiger partial charge on any atom is -0.402 e. The number of aliphatic imine (C=N–C) groups is 1. The first-order valence-electron chi connectivity index (χ1n) is 6.33. The Kier molecular flexibility index (Phi) is 3.35. The van der Waals surface area contributed by atoms with E-state index in [1.54, 1.807) is 17.8 Å².